The summed E-state index contributed by atoms with van der Waals surface area (Å²) in [4.78, 5) is 123. The lowest BCUT2D eigenvalue weighted by Gasteiger charge is -2.26. The normalized spacial score (nSPS) is 14.0. The van der Waals surface area contributed by atoms with Crippen LogP contribution in [0.25, 0.3) is 0 Å². The van der Waals surface area contributed by atoms with Gasteiger partial charge < -0.3 is 63.9 Å². The van der Waals surface area contributed by atoms with Crippen LogP contribution in [0.1, 0.15) is 78.5 Å². The fourth-order valence-electron chi connectivity index (χ4n) is 6.17. The molecule has 0 fully saturated rings. The number of aromatic hydroxyl groups is 1. The van der Waals surface area contributed by atoms with Crippen LogP contribution in [0.2, 0.25) is 0 Å². The molecule has 0 saturated carbocycles. The number of nitrogens with two attached hydrogens (primary N) is 2. The molecule has 2 aromatic rings. The average molecular weight is 886 g/mol. The van der Waals surface area contributed by atoms with Crippen LogP contribution < -0.4 is 48.7 Å². The van der Waals surface area contributed by atoms with Gasteiger partial charge in [-0.1, -0.05) is 53.7 Å². The first kappa shape index (κ1) is 52.6. The second-order valence-electron chi connectivity index (χ2n) is 16.4. The monoisotopic (exact) mass is 885 g/mol. The molecular weight excluding hydrogens is 823 g/mol. The SMILES string of the molecule is CC(C)C[C@H](NC(=O)CNC(=O)[C@H](Cc1cnc[nH]1)NC(=O)[C@@H](N)CC(C)C)C(=O)NCC(=O)N[C@@H](CCC(N)=O)C(=O)N[C@@H](Cc1ccc(O)cc1)C(=O)N[C@H](C(=O)O)C(C)C. The standard InChI is InChI=1S/C41H63N11O11/c1-21(2)13-27(42)36(57)50-31(16-25-17-44-20-47-25)38(59)46-19-34(56)49-29(14-22(3)4)37(58)45-18-33(55)48-28(11-12-32(43)54)39(60)51-30(15-24-7-9-26(53)10-8-24)40(61)52-35(23(5)6)41(62)63/h7-10,17,20-23,27-31,35,53H,11-16,18-19,42H2,1-6H3,(H2,43,54)(H,44,47)(H,45,58)(H,46,59)(H,48,55)(H,49,56)(H,50,57)(H,51,60)(H,52,61)(H,62,63)/t27-,28-,29-,30-,31-,35-/m0/s1. The Labute approximate surface area is 365 Å². The molecule has 0 spiro atoms. The first-order valence-corrected chi connectivity index (χ1v) is 20.6. The highest BCUT2D eigenvalue weighted by molar-refractivity contribution is 5.96. The molecule has 0 aliphatic carbocycles. The van der Waals surface area contributed by atoms with Gasteiger partial charge in [0.15, 0.2) is 0 Å². The highest BCUT2D eigenvalue weighted by atomic mass is 16.4. The summed E-state index contributed by atoms with van der Waals surface area (Å²) < 4.78 is 0. The largest absolute Gasteiger partial charge is 0.508 e. The van der Waals surface area contributed by atoms with Gasteiger partial charge in [-0.05, 0) is 54.7 Å². The average Bonchev–Trinajstić information content (AvgIpc) is 3.72. The summed E-state index contributed by atoms with van der Waals surface area (Å²) >= 11 is 0. The lowest BCUT2D eigenvalue weighted by atomic mass is 10.0. The molecular formula is C41H63N11O11. The molecule has 63 heavy (non-hydrogen) atoms. The van der Waals surface area contributed by atoms with Gasteiger partial charge in [0, 0.05) is 31.2 Å². The molecule has 14 N–H and O–H groups in total. The first-order chi connectivity index (χ1) is 29.6. The van der Waals surface area contributed by atoms with Crippen molar-refractivity contribution in [3.05, 3.63) is 48.0 Å². The zero-order chi connectivity index (χ0) is 47.4. The quantitative estimate of drug-likeness (QED) is 0.0462. The highest BCUT2D eigenvalue weighted by Gasteiger charge is 2.32. The molecule has 6 atom stereocenters. The minimum Gasteiger partial charge on any atom is -0.508 e. The van der Waals surface area contributed by atoms with Crippen LogP contribution in [0, 0.1) is 17.8 Å². The maximum atomic E-state index is 13.6. The molecule has 8 amide bonds. The summed E-state index contributed by atoms with van der Waals surface area (Å²) in [6, 6.07) is -1.62. The molecule has 22 nitrogen and oxygen atoms in total. The number of amides is 8. The highest BCUT2D eigenvalue weighted by Crippen LogP contribution is 2.13. The number of carbonyl (C=O) groups excluding carboxylic acids is 8. The van der Waals surface area contributed by atoms with Crippen molar-refractivity contribution in [2.75, 3.05) is 13.1 Å². The molecule has 2 rings (SSSR count). The first-order valence-electron chi connectivity index (χ1n) is 20.6. The van der Waals surface area contributed by atoms with E-state index in [0.717, 1.165) is 0 Å². The molecule has 1 aromatic heterocycles. The summed E-state index contributed by atoms with van der Waals surface area (Å²) in [6.45, 7) is 9.25. The summed E-state index contributed by atoms with van der Waals surface area (Å²) in [7, 11) is 0. The van der Waals surface area contributed by atoms with Gasteiger partial charge in [-0.15, -0.1) is 0 Å². The summed E-state index contributed by atoms with van der Waals surface area (Å²) in [6.07, 6.45) is 2.55. The van der Waals surface area contributed by atoms with Crippen LogP contribution in [0.4, 0.5) is 0 Å². The number of rotatable bonds is 27. The van der Waals surface area contributed by atoms with E-state index in [4.69, 9.17) is 11.5 Å². The second-order valence-corrected chi connectivity index (χ2v) is 16.4. The van der Waals surface area contributed by atoms with Gasteiger partial charge in [0.2, 0.25) is 47.3 Å². The topological polar surface area (TPSA) is 359 Å². The molecule has 0 aliphatic rings. The van der Waals surface area contributed by atoms with Crippen molar-refractivity contribution in [1.29, 1.82) is 0 Å². The Kier molecular flexibility index (Phi) is 21.7. The number of imidazole rings is 1. The molecule has 1 aromatic carbocycles. The minimum atomic E-state index is -1.46. The zero-order valence-corrected chi connectivity index (χ0v) is 36.5. The Morgan fingerprint density at radius 2 is 1.19 bits per heavy atom. The third-order valence-corrected chi connectivity index (χ3v) is 9.45. The van der Waals surface area contributed by atoms with Crippen molar-refractivity contribution >= 4 is 53.2 Å². The fourth-order valence-corrected chi connectivity index (χ4v) is 6.17. The Morgan fingerprint density at radius 1 is 0.667 bits per heavy atom. The van der Waals surface area contributed by atoms with Gasteiger partial charge in [-0.25, -0.2) is 9.78 Å². The van der Waals surface area contributed by atoms with Crippen LogP contribution in [0.15, 0.2) is 36.8 Å². The number of phenolic OH excluding ortho intramolecular Hbond substituents is 1. The van der Waals surface area contributed by atoms with E-state index in [1.165, 1.54) is 36.8 Å². The number of phenols is 1. The number of aromatic amines is 1. The van der Waals surface area contributed by atoms with Crippen LogP contribution in [0.5, 0.6) is 5.75 Å². The molecule has 0 bridgehead atoms. The van der Waals surface area contributed by atoms with Crippen molar-refractivity contribution in [3.63, 3.8) is 0 Å². The number of benzene rings is 1. The minimum absolute atomic E-state index is 0.0142. The van der Waals surface area contributed by atoms with Crippen molar-refractivity contribution in [3.8, 4) is 5.75 Å². The summed E-state index contributed by atoms with van der Waals surface area (Å²) in [5.41, 5.74) is 12.3. The third-order valence-electron chi connectivity index (χ3n) is 9.45. The number of nitrogens with one attached hydrogen (secondary N) is 8. The number of hydrogen-bond donors (Lipinski definition) is 12. The van der Waals surface area contributed by atoms with E-state index in [-0.39, 0.29) is 49.7 Å². The van der Waals surface area contributed by atoms with Gasteiger partial charge in [-0.2, -0.15) is 0 Å². The Bertz CT molecular complexity index is 1870. The predicted molar refractivity (Wildman–Crippen MR) is 228 cm³/mol. The maximum Gasteiger partial charge on any atom is 0.326 e. The van der Waals surface area contributed by atoms with Gasteiger partial charge in [-0.3, -0.25) is 38.4 Å². The number of carboxylic acid groups (broad SMARTS) is 1. The number of carboxylic acids is 1. The molecule has 1 heterocycles. The molecule has 0 saturated heterocycles. The van der Waals surface area contributed by atoms with E-state index >= 15 is 0 Å². The summed E-state index contributed by atoms with van der Waals surface area (Å²) in [5.74, 6) is -8.17. The van der Waals surface area contributed by atoms with E-state index in [1.54, 1.807) is 27.7 Å². The number of aromatic nitrogens is 2. The number of carbonyl (C=O) groups is 9. The van der Waals surface area contributed by atoms with Gasteiger partial charge in [0.1, 0.15) is 36.0 Å². The van der Waals surface area contributed by atoms with Crippen LogP contribution in [0.3, 0.4) is 0 Å². The van der Waals surface area contributed by atoms with E-state index in [2.05, 4.69) is 47.2 Å². The van der Waals surface area contributed by atoms with E-state index in [0.29, 0.717) is 17.7 Å². The third kappa shape index (κ3) is 19.8. The number of aliphatic carboxylic acids is 1. The van der Waals surface area contributed by atoms with Crippen molar-refractivity contribution in [2.45, 2.75) is 116 Å². The molecule has 348 valence electrons. The van der Waals surface area contributed by atoms with Gasteiger partial charge in [0.25, 0.3) is 0 Å². The summed E-state index contributed by atoms with van der Waals surface area (Å²) in [5, 5.41) is 36.7. The number of nitrogens with zero attached hydrogens (tertiary/aromatic N) is 1. The number of H-pyrrole nitrogens is 1. The smallest absolute Gasteiger partial charge is 0.326 e. The van der Waals surface area contributed by atoms with Gasteiger partial charge >= 0.3 is 5.97 Å². The van der Waals surface area contributed by atoms with Crippen LogP contribution in [-0.4, -0.2) is 123 Å². The number of primary amides is 1. The van der Waals surface area contributed by atoms with Crippen LogP contribution in [-0.2, 0) is 56.0 Å². The number of hydrogen-bond acceptors (Lipinski definition) is 12. The maximum absolute atomic E-state index is 13.6. The fraction of sp³-hybridized carbons (Fsp3) is 0.561. The predicted octanol–water partition coefficient (Wildman–Crippen LogP) is -2.02. The molecule has 0 radical (unpaired) electrons. The lowest BCUT2D eigenvalue weighted by Crippen LogP contribution is -2.58. The molecule has 0 aliphatic heterocycles. The molecule has 0 unspecified atom stereocenters. The van der Waals surface area contributed by atoms with Crippen LogP contribution >= 0.6 is 0 Å². The molecule has 22 heteroatoms. The van der Waals surface area contributed by atoms with Crippen molar-refractivity contribution < 1.29 is 53.4 Å². The van der Waals surface area contributed by atoms with E-state index in [1.807, 2.05) is 13.8 Å². The van der Waals surface area contributed by atoms with E-state index in [9.17, 15) is 53.4 Å². The Morgan fingerprint density at radius 3 is 1.70 bits per heavy atom. The van der Waals surface area contributed by atoms with E-state index < -0.39 is 108 Å². The van der Waals surface area contributed by atoms with Crippen molar-refractivity contribution in [2.24, 2.45) is 29.2 Å². The van der Waals surface area contributed by atoms with Gasteiger partial charge in [0.05, 0.1) is 25.5 Å². The Hall–Kier alpha value is -6.58. The zero-order valence-electron chi connectivity index (χ0n) is 36.5. The Balaban J connectivity index is 2.14. The lowest BCUT2D eigenvalue weighted by molar-refractivity contribution is -0.143. The van der Waals surface area contributed by atoms with Crippen molar-refractivity contribution in [1.82, 2.24) is 47.2 Å². The second kappa shape index (κ2) is 26.0.